The van der Waals surface area contributed by atoms with E-state index in [-0.39, 0.29) is 18.0 Å². The van der Waals surface area contributed by atoms with Crippen LogP contribution in [0.3, 0.4) is 0 Å². The second-order valence-electron chi connectivity index (χ2n) is 3.79. The van der Waals surface area contributed by atoms with Gasteiger partial charge in [0.2, 0.25) is 5.91 Å². The predicted octanol–water partition coefficient (Wildman–Crippen LogP) is 0.855. The molecule has 0 saturated carbocycles. The summed E-state index contributed by atoms with van der Waals surface area (Å²) in [5, 5.41) is 18.6. The maximum absolute atomic E-state index is 13.6. The summed E-state index contributed by atoms with van der Waals surface area (Å²) in [5.41, 5.74) is -0.251. The number of halogens is 3. The Hall–Kier alpha value is -2.29. The van der Waals surface area contributed by atoms with Crippen LogP contribution < -0.4 is 5.32 Å². The van der Waals surface area contributed by atoms with Gasteiger partial charge in [0.25, 0.3) is 0 Å². The molecule has 0 saturated heterocycles. The number of hydrogen-bond donors (Lipinski definition) is 3. The van der Waals surface area contributed by atoms with Crippen molar-refractivity contribution in [1.29, 1.82) is 0 Å². The van der Waals surface area contributed by atoms with E-state index in [0.29, 0.717) is 0 Å². The third-order valence-corrected chi connectivity index (χ3v) is 2.28. The lowest BCUT2D eigenvalue weighted by molar-refractivity contribution is -0.170. The molecule has 0 aliphatic heterocycles. The number of carboxylic acid groups (broad SMARTS) is 2. The molecule has 0 fully saturated rings. The van der Waals surface area contributed by atoms with Crippen LogP contribution in [-0.4, -0.2) is 39.0 Å². The molecule has 10 heteroatoms. The lowest BCUT2D eigenvalue weighted by Gasteiger charge is -2.24. The fourth-order valence-corrected chi connectivity index (χ4v) is 1.40. The summed E-state index contributed by atoms with van der Waals surface area (Å²) in [5.74, 6) is -9.50. The number of aromatic nitrogens is 1. The average Bonchev–Trinajstić information content (AvgIpc) is 2.35. The first-order valence-electron chi connectivity index (χ1n) is 5.27. The smallest absolute Gasteiger partial charge is 0.377 e. The van der Waals surface area contributed by atoms with Crippen molar-refractivity contribution in [2.45, 2.75) is 18.4 Å². The van der Waals surface area contributed by atoms with Gasteiger partial charge in [0.1, 0.15) is 12.5 Å². The largest absolute Gasteiger partial charge is 0.481 e. The number of rotatable bonds is 6. The summed E-state index contributed by atoms with van der Waals surface area (Å²) in [4.78, 5) is 35.8. The molecule has 3 N–H and O–H groups in total. The van der Waals surface area contributed by atoms with Crippen LogP contribution in [0, 0.1) is 0 Å². The zero-order valence-corrected chi connectivity index (χ0v) is 11.1. The van der Waals surface area contributed by atoms with Crippen molar-refractivity contribution in [3.63, 3.8) is 0 Å². The molecule has 1 aromatic heterocycles. The molecule has 0 radical (unpaired) electrons. The van der Waals surface area contributed by atoms with Gasteiger partial charge in [-0.15, -0.1) is 12.4 Å². The molecule has 21 heavy (non-hydrogen) atoms. The second-order valence-corrected chi connectivity index (χ2v) is 3.79. The van der Waals surface area contributed by atoms with E-state index in [1.54, 1.807) is 5.32 Å². The number of carbonyl (C=O) groups is 3. The van der Waals surface area contributed by atoms with Crippen molar-refractivity contribution in [3.05, 3.63) is 30.1 Å². The standard InChI is InChI=1S/C11H10F2N2O5.ClH/c12-11(13,10(19)20)9(6-2-1-3-14-5-6)15-7(16)4-8(17)18;/h1-3,5,9H,4H2,(H,15,16)(H,17,18)(H,19,20);1H. The lowest BCUT2D eigenvalue weighted by atomic mass is 10.0. The fourth-order valence-electron chi connectivity index (χ4n) is 1.40. The summed E-state index contributed by atoms with van der Waals surface area (Å²) in [7, 11) is 0. The van der Waals surface area contributed by atoms with Crippen LogP contribution in [0.25, 0.3) is 0 Å². The van der Waals surface area contributed by atoms with Gasteiger partial charge in [0.15, 0.2) is 0 Å². The molecular weight excluding hydrogens is 314 g/mol. The van der Waals surface area contributed by atoms with Crippen LogP contribution in [-0.2, 0) is 14.4 Å². The van der Waals surface area contributed by atoms with Crippen LogP contribution in [0.15, 0.2) is 24.5 Å². The van der Waals surface area contributed by atoms with Gasteiger partial charge in [0.05, 0.1) is 0 Å². The third kappa shape index (κ3) is 4.95. The Morgan fingerprint density at radius 3 is 2.38 bits per heavy atom. The minimum Gasteiger partial charge on any atom is -0.481 e. The molecule has 0 bridgehead atoms. The molecule has 1 rings (SSSR count). The van der Waals surface area contributed by atoms with E-state index in [2.05, 4.69) is 4.98 Å². The molecular formula is C11H11ClF2N2O5. The Morgan fingerprint density at radius 2 is 1.95 bits per heavy atom. The third-order valence-electron chi connectivity index (χ3n) is 2.28. The molecule has 7 nitrogen and oxygen atoms in total. The van der Waals surface area contributed by atoms with E-state index in [1.165, 1.54) is 12.3 Å². The first kappa shape index (κ1) is 18.7. The van der Waals surface area contributed by atoms with Crippen molar-refractivity contribution in [2.75, 3.05) is 0 Å². The van der Waals surface area contributed by atoms with E-state index >= 15 is 0 Å². The van der Waals surface area contributed by atoms with Gasteiger partial charge in [-0.1, -0.05) is 6.07 Å². The maximum atomic E-state index is 13.6. The molecule has 1 aromatic rings. The number of nitrogens with one attached hydrogen (secondary N) is 1. The molecule has 1 unspecified atom stereocenters. The fraction of sp³-hybridized carbons (Fsp3) is 0.273. The van der Waals surface area contributed by atoms with Gasteiger partial charge in [-0.2, -0.15) is 8.78 Å². The van der Waals surface area contributed by atoms with E-state index in [4.69, 9.17) is 10.2 Å². The summed E-state index contributed by atoms with van der Waals surface area (Å²) in [6, 6.07) is 0.222. The normalized spacial score (nSPS) is 11.9. The summed E-state index contributed by atoms with van der Waals surface area (Å²) in [6.07, 6.45) is 1.19. The van der Waals surface area contributed by atoms with Gasteiger partial charge >= 0.3 is 17.9 Å². The Bertz CT molecular complexity index is 527. The number of carboxylic acids is 2. The van der Waals surface area contributed by atoms with Crippen molar-refractivity contribution < 1.29 is 33.4 Å². The first-order chi connectivity index (χ1) is 9.25. The molecule has 0 aromatic carbocycles. The Kier molecular flexibility index (Phi) is 6.67. The first-order valence-corrected chi connectivity index (χ1v) is 5.27. The molecule has 0 spiro atoms. The van der Waals surface area contributed by atoms with Crippen LogP contribution >= 0.6 is 12.4 Å². The number of nitrogens with zero attached hydrogens (tertiary/aromatic N) is 1. The number of carbonyl (C=O) groups excluding carboxylic acids is 1. The van der Waals surface area contributed by atoms with E-state index in [1.807, 2.05) is 0 Å². The van der Waals surface area contributed by atoms with Crippen molar-refractivity contribution in [3.8, 4) is 0 Å². The highest BCUT2D eigenvalue weighted by Gasteiger charge is 2.49. The topological polar surface area (TPSA) is 117 Å². The van der Waals surface area contributed by atoms with Crippen molar-refractivity contribution >= 4 is 30.3 Å². The van der Waals surface area contributed by atoms with Crippen LogP contribution in [0.2, 0.25) is 0 Å². The Balaban J connectivity index is 0.00000400. The molecule has 1 atom stereocenters. The number of amides is 1. The zero-order valence-electron chi connectivity index (χ0n) is 10.3. The van der Waals surface area contributed by atoms with E-state index < -0.39 is 36.2 Å². The van der Waals surface area contributed by atoms with Gasteiger partial charge < -0.3 is 15.5 Å². The minimum atomic E-state index is -4.31. The Morgan fingerprint density at radius 1 is 1.33 bits per heavy atom. The van der Waals surface area contributed by atoms with E-state index in [9.17, 15) is 23.2 Å². The zero-order chi connectivity index (χ0) is 15.3. The summed E-state index contributed by atoms with van der Waals surface area (Å²) >= 11 is 0. The predicted molar refractivity (Wildman–Crippen MR) is 67.2 cm³/mol. The highest BCUT2D eigenvalue weighted by atomic mass is 35.5. The molecule has 0 aliphatic carbocycles. The number of hydrogen-bond acceptors (Lipinski definition) is 4. The molecule has 116 valence electrons. The summed E-state index contributed by atoms with van der Waals surface area (Å²) in [6.45, 7) is 0. The van der Waals surface area contributed by atoms with Crippen LogP contribution in [0.5, 0.6) is 0 Å². The van der Waals surface area contributed by atoms with Crippen LogP contribution in [0.4, 0.5) is 8.78 Å². The van der Waals surface area contributed by atoms with Crippen molar-refractivity contribution in [1.82, 2.24) is 10.3 Å². The van der Waals surface area contributed by atoms with Gasteiger partial charge in [-0.3, -0.25) is 14.6 Å². The number of pyridine rings is 1. The maximum Gasteiger partial charge on any atom is 0.377 e. The van der Waals surface area contributed by atoms with Gasteiger partial charge in [0, 0.05) is 12.4 Å². The van der Waals surface area contributed by atoms with Crippen molar-refractivity contribution in [2.24, 2.45) is 0 Å². The van der Waals surface area contributed by atoms with Gasteiger partial charge in [-0.25, -0.2) is 4.79 Å². The number of aliphatic carboxylic acids is 2. The van der Waals surface area contributed by atoms with E-state index in [0.717, 1.165) is 12.3 Å². The lowest BCUT2D eigenvalue weighted by Crippen LogP contribution is -2.45. The highest BCUT2D eigenvalue weighted by molar-refractivity contribution is 5.94. The SMILES string of the molecule is Cl.O=C(O)CC(=O)NC(c1cccnc1)C(F)(F)C(=O)O. The average molecular weight is 325 g/mol. The molecule has 0 aliphatic rings. The van der Waals surface area contributed by atoms with Gasteiger partial charge in [-0.05, 0) is 11.6 Å². The quantitative estimate of drug-likeness (QED) is 0.668. The molecule has 1 heterocycles. The highest BCUT2D eigenvalue weighted by Crippen LogP contribution is 2.31. The summed E-state index contributed by atoms with van der Waals surface area (Å²) < 4.78 is 27.2. The number of alkyl halides is 2. The Labute approximate surface area is 123 Å². The second kappa shape index (κ2) is 7.48. The monoisotopic (exact) mass is 324 g/mol. The van der Waals surface area contributed by atoms with Crippen LogP contribution in [0.1, 0.15) is 18.0 Å². The molecule has 1 amide bonds. The minimum absolute atomic E-state index is 0.